The van der Waals surface area contributed by atoms with Crippen molar-refractivity contribution in [3.63, 3.8) is 0 Å². The lowest BCUT2D eigenvalue weighted by atomic mass is 10.1. The number of benzene rings is 2. The number of ether oxygens (including phenoxy) is 1. The van der Waals surface area contributed by atoms with Crippen LogP contribution in [0.1, 0.15) is 5.56 Å². The van der Waals surface area contributed by atoms with E-state index in [0.29, 0.717) is 28.6 Å². The average Bonchev–Trinajstić information content (AvgIpc) is 2.72. The monoisotopic (exact) mass is 274 g/mol. The summed E-state index contributed by atoms with van der Waals surface area (Å²) < 4.78 is 5.69. The van der Waals surface area contributed by atoms with Crippen LogP contribution in [-0.4, -0.2) is 5.91 Å². The number of hydrogen-bond donors (Lipinski definition) is 2. The summed E-state index contributed by atoms with van der Waals surface area (Å²) in [4.78, 5) is 11.3. The molecule has 2 aromatic carbocycles. The molecule has 0 bridgehead atoms. The van der Waals surface area contributed by atoms with Crippen LogP contribution in [-0.2, 0) is 11.2 Å². The number of hydrogen-bond acceptors (Lipinski definition) is 3. The van der Waals surface area contributed by atoms with E-state index in [2.05, 4.69) is 5.32 Å². The fraction of sp³-hybridized carbons (Fsp3) is 0.0714. The van der Waals surface area contributed by atoms with E-state index < -0.39 is 0 Å². The number of carbonyl (C=O) groups excluding carboxylic acids is 1. The first-order valence-electron chi connectivity index (χ1n) is 5.77. The molecule has 1 aliphatic heterocycles. The Bertz CT molecular complexity index is 670. The van der Waals surface area contributed by atoms with Crippen LogP contribution in [0.5, 0.6) is 11.5 Å². The SMILES string of the molecule is Nc1ccc(Oc2ccc3c(c2)NC(=O)C3)c(Cl)c1. The number of anilines is 2. The second-order valence-electron chi connectivity index (χ2n) is 4.34. The molecule has 1 aliphatic rings. The van der Waals surface area contributed by atoms with Crippen molar-refractivity contribution in [3.05, 3.63) is 47.0 Å². The second kappa shape index (κ2) is 4.48. The molecule has 19 heavy (non-hydrogen) atoms. The predicted molar refractivity (Wildman–Crippen MR) is 74.7 cm³/mol. The van der Waals surface area contributed by atoms with Crippen LogP contribution < -0.4 is 15.8 Å². The van der Waals surface area contributed by atoms with Gasteiger partial charge in [0.2, 0.25) is 5.91 Å². The van der Waals surface area contributed by atoms with Crippen LogP contribution in [0.15, 0.2) is 36.4 Å². The Labute approximate surface area is 115 Å². The van der Waals surface area contributed by atoms with E-state index in [1.54, 1.807) is 24.3 Å². The summed E-state index contributed by atoms with van der Waals surface area (Å²) >= 11 is 6.05. The van der Waals surface area contributed by atoms with Crippen molar-refractivity contribution in [2.45, 2.75) is 6.42 Å². The van der Waals surface area contributed by atoms with Gasteiger partial charge in [-0.2, -0.15) is 0 Å². The van der Waals surface area contributed by atoms with Crippen LogP contribution >= 0.6 is 11.6 Å². The fourth-order valence-electron chi connectivity index (χ4n) is 1.98. The van der Waals surface area contributed by atoms with Gasteiger partial charge in [0.1, 0.15) is 11.5 Å². The van der Waals surface area contributed by atoms with Gasteiger partial charge < -0.3 is 15.8 Å². The van der Waals surface area contributed by atoms with E-state index in [1.807, 2.05) is 12.1 Å². The van der Waals surface area contributed by atoms with Crippen molar-refractivity contribution in [1.82, 2.24) is 0 Å². The third-order valence-electron chi connectivity index (χ3n) is 2.89. The van der Waals surface area contributed by atoms with Crippen LogP contribution in [0, 0.1) is 0 Å². The summed E-state index contributed by atoms with van der Waals surface area (Å²) in [5.41, 5.74) is 7.96. The molecule has 0 radical (unpaired) electrons. The molecule has 0 aliphatic carbocycles. The molecule has 0 aromatic heterocycles. The van der Waals surface area contributed by atoms with Gasteiger partial charge in [-0.3, -0.25) is 4.79 Å². The largest absolute Gasteiger partial charge is 0.456 e. The molecule has 0 unspecified atom stereocenters. The summed E-state index contributed by atoms with van der Waals surface area (Å²) in [7, 11) is 0. The van der Waals surface area contributed by atoms with E-state index in [1.165, 1.54) is 0 Å². The van der Waals surface area contributed by atoms with Crippen LogP contribution in [0.4, 0.5) is 11.4 Å². The molecule has 1 amide bonds. The van der Waals surface area contributed by atoms with Gasteiger partial charge in [0.05, 0.1) is 11.4 Å². The van der Waals surface area contributed by atoms with Crippen molar-refractivity contribution < 1.29 is 9.53 Å². The van der Waals surface area contributed by atoms with Gasteiger partial charge in [-0.25, -0.2) is 0 Å². The smallest absolute Gasteiger partial charge is 0.228 e. The molecule has 0 saturated carbocycles. The van der Waals surface area contributed by atoms with Gasteiger partial charge in [0, 0.05) is 17.4 Å². The molecule has 96 valence electrons. The van der Waals surface area contributed by atoms with Gasteiger partial charge in [-0.15, -0.1) is 0 Å². The Morgan fingerprint density at radius 3 is 2.84 bits per heavy atom. The third kappa shape index (κ3) is 2.35. The Hall–Kier alpha value is -2.20. The zero-order valence-electron chi connectivity index (χ0n) is 9.94. The number of nitrogen functional groups attached to an aromatic ring is 1. The number of rotatable bonds is 2. The second-order valence-corrected chi connectivity index (χ2v) is 4.74. The highest BCUT2D eigenvalue weighted by atomic mass is 35.5. The first-order chi connectivity index (χ1) is 9.11. The quantitative estimate of drug-likeness (QED) is 0.827. The van der Waals surface area contributed by atoms with E-state index in [9.17, 15) is 4.79 Å². The summed E-state index contributed by atoms with van der Waals surface area (Å²) in [6, 6.07) is 10.5. The van der Waals surface area contributed by atoms with Crippen LogP contribution in [0.2, 0.25) is 5.02 Å². The lowest BCUT2D eigenvalue weighted by Gasteiger charge is -2.09. The Balaban J connectivity index is 1.88. The maximum atomic E-state index is 11.3. The summed E-state index contributed by atoms with van der Waals surface area (Å²) in [5, 5.41) is 3.22. The Morgan fingerprint density at radius 2 is 2.05 bits per heavy atom. The number of amides is 1. The normalized spacial score (nSPS) is 13.0. The number of nitrogens with two attached hydrogens (primary N) is 1. The van der Waals surface area contributed by atoms with Gasteiger partial charge in [0.15, 0.2) is 0 Å². The Kier molecular flexibility index (Phi) is 2.80. The van der Waals surface area contributed by atoms with E-state index in [4.69, 9.17) is 22.1 Å². The molecule has 0 spiro atoms. The Morgan fingerprint density at radius 1 is 1.21 bits per heavy atom. The van der Waals surface area contributed by atoms with Crippen molar-refractivity contribution in [2.24, 2.45) is 0 Å². The molecule has 5 heteroatoms. The van der Waals surface area contributed by atoms with Crippen molar-refractivity contribution in [3.8, 4) is 11.5 Å². The molecule has 3 N–H and O–H groups in total. The van der Waals surface area contributed by atoms with Crippen molar-refractivity contribution >= 4 is 28.9 Å². The zero-order valence-corrected chi connectivity index (χ0v) is 10.7. The lowest BCUT2D eigenvalue weighted by Crippen LogP contribution is -2.03. The van der Waals surface area contributed by atoms with Gasteiger partial charge in [0.25, 0.3) is 0 Å². The molecule has 1 heterocycles. The molecule has 3 rings (SSSR count). The summed E-state index contributed by atoms with van der Waals surface area (Å²) in [6.45, 7) is 0. The lowest BCUT2D eigenvalue weighted by molar-refractivity contribution is -0.115. The van der Waals surface area contributed by atoms with E-state index >= 15 is 0 Å². The zero-order chi connectivity index (χ0) is 13.4. The van der Waals surface area contributed by atoms with Crippen molar-refractivity contribution in [1.29, 1.82) is 0 Å². The number of halogens is 1. The first-order valence-corrected chi connectivity index (χ1v) is 6.15. The number of nitrogens with one attached hydrogen (secondary N) is 1. The highest BCUT2D eigenvalue weighted by Gasteiger charge is 2.18. The minimum atomic E-state index is -0.00216. The van der Waals surface area contributed by atoms with Gasteiger partial charge in [-0.05, 0) is 29.8 Å². The van der Waals surface area contributed by atoms with Crippen molar-refractivity contribution in [2.75, 3.05) is 11.1 Å². The molecule has 2 aromatic rings. The molecule has 0 atom stereocenters. The molecule has 0 saturated heterocycles. The van der Waals surface area contributed by atoms with E-state index in [0.717, 1.165) is 11.3 Å². The molecular formula is C14H11ClN2O2. The molecule has 4 nitrogen and oxygen atoms in total. The highest BCUT2D eigenvalue weighted by molar-refractivity contribution is 6.32. The maximum Gasteiger partial charge on any atom is 0.228 e. The first kappa shape index (κ1) is 11.9. The fourth-order valence-corrected chi connectivity index (χ4v) is 2.21. The molecule has 0 fully saturated rings. The number of carbonyl (C=O) groups is 1. The van der Waals surface area contributed by atoms with Crippen LogP contribution in [0.25, 0.3) is 0 Å². The minimum Gasteiger partial charge on any atom is -0.456 e. The van der Waals surface area contributed by atoms with E-state index in [-0.39, 0.29) is 5.91 Å². The topological polar surface area (TPSA) is 64.3 Å². The highest BCUT2D eigenvalue weighted by Crippen LogP contribution is 2.34. The van der Waals surface area contributed by atoms with Gasteiger partial charge >= 0.3 is 0 Å². The summed E-state index contributed by atoms with van der Waals surface area (Å²) in [5.74, 6) is 1.14. The third-order valence-corrected chi connectivity index (χ3v) is 3.19. The predicted octanol–water partition coefficient (Wildman–Crippen LogP) is 3.21. The van der Waals surface area contributed by atoms with Gasteiger partial charge in [-0.1, -0.05) is 17.7 Å². The minimum absolute atomic E-state index is 0.00216. The summed E-state index contributed by atoms with van der Waals surface area (Å²) in [6.07, 6.45) is 0.415. The average molecular weight is 275 g/mol. The van der Waals surface area contributed by atoms with Crippen LogP contribution in [0.3, 0.4) is 0 Å². The number of fused-ring (bicyclic) bond motifs is 1. The maximum absolute atomic E-state index is 11.3. The molecular weight excluding hydrogens is 264 g/mol. The standard InChI is InChI=1S/C14H11ClN2O2/c15-11-6-9(16)2-4-13(11)19-10-3-1-8-5-14(18)17-12(8)7-10/h1-4,6-7H,5,16H2,(H,17,18).